The van der Waals surface area contributed by atoms with E-state index in [1.807, 2.05) is 25.7 Å². The first kappa shape index (κ1) is 13.2. The summed E-state index contributed by atoms with van der Waals surface area (Å²) >= 11 is 0. The third kappa shape index (κ3) is 2.77. The molecule has 0 saturated carbocycles. The highest BCUT2D eigenvalue weighted by molar-refractivity contribution is 5.69. The Morgan fingerprint density at radius 2 is 1.89 bits per heavy atom. The predicted molar refractivity (Wildman–Crippen MR) is 67.8 cm³/mol. The van der Waals surface area contributed by atoms with Crippen molar-refractivity contribution in [2.24, 2.45) is 5.92 Å². The number of ether oxygens (including phenoxy) is 1. The average Bonchev–Trinajstić information content (AvgIpc) is 2.49. The van der Waals surface area contributed by atoms with E-state index in [9.17, 15) is 4.79 Å². The van der Waals surface area contributed by atoms with E-state index in [1.54, 1.807) is 0 Å². The number of carbonyl (C=O) groups excluding carboxylic acids is 1. The Hall–Kier alpha value is -1.24. The molecule has 0 radical (unpaired) electrons. The van der Waals surface area contributed by atoms with Crippen LogP contribution in [0.1, 0.15) is 52.9 Å². The third-order valence-corrected chi connectivity index (χ3v) is 3.81. The number of rotatable bonds is 1. The monoisotopic (exact) mass is 250 g/mol. The molecule has 2 fully saturated rings. The summed E-state index contributed by atoms with van der Waals surface area (Å²) in [5, 5.41) is 8.78. The number of nitrogens with zero attached hydrogens (tertiary/aromatic N) is 2. The lowest BCUT2D eigenvalue weighted by molar-refractivity contribution is 0.00240. The Bertz CT molecular complexity index is 353. The quantitative estimate of drug-likeness (QED) is 0.718. The van der Waals surface area contributed by atoms with Crippen LogP contribution in [0.2, 0.25) is 0 Å². The van der Waals surface area contributed by atoms with Crippen LogP contribution < -0.4 is 0 Å². The summed E-state index contributed by atoms with van der Waals surface area (Å²) in [6.45, 7) is 5.69. The Morgan fingerprint density at radius 1 is 1.33 bits per heavy atom. The molecule has 1 amide bonds. The van der Waals surface area contributed by atoms with Crippen molar-refractivity contribution in [3.05, 3.63) is 0 Å². The molecule has 2 atom stereocenters. The molecule has 2 bridgehead atoms. The highest BCUT2D eigenvalue weighted by Gasteiger charge is 2.44. The summed E-state index contributed by atoms with van der Waals surface area (Å²) in [6, 6.07) is 2.83. The van der Waals surface area contributed by atoms with Crippen molar-refractivity contribution in [1.82, 2.24) is 4.90 Å². The van der Waals surface area contributed by atoms with Crippen molar-refractivity contribution in [1.29, 1.82) is 5.26 Å². The molecule has 2 heterocycles. The molecule has 2 saturated heterocycles. The first-order valence-electron chi connectivity index (χ1n) is 6.79. The van der Waals surface area contributed by atoms with E-state index in [2.05, 4.69) is 6.07 Å². The molecule has 2 unspecified atom stereocenters. The zero-order valence-corrected chi connectivity index (χ0v) is 11.5. The third-order valence-electron chi connectivity index (χ3n) is 3.81. The molecule has 0 spiro atoms. The fourth-order valence-electron chi connectivity index (χ4n) is 3.20. The van der Waals surface area contributed by atoms with E-state index in [1.165, 1.54) is 0 Å². The molecule has 0 aromatic heterocycles. The number of fused-ring (bicyclic) bond motifs is 2. The summed E-state index contributed by atoms with van der Waals surface area (Å²) in [7, 11) is 0. The summed E-state index contributed by atoms with van der Waals surface area (Å²) in [5.41, 5.74) is -0.431. The Kier molecular flexibility index (Phi) is 3.52. The second-order valence-corrected chi connectivity index (χ2v) is 6.47. The van der Waals surface area contributed by atoms with Gasteiger partial charge < -0.3 is 9.64 Å². The topological polar surface area (TPSA) is 53.3 Å². The minimum Gasteiger partial charge on any atom is -0.444 e. The number of piperidine rings is 1. The van der Waals surface area contributed by atoms with Gasteiger partial charge in [-0.3, -0.25) is 0 Å². The van der Waals surface area contributed by atoms with Gasteiger partial charge in [0.05, 0.1) is 6.07 Å². The number of nitriles is 1. The molecular weight excluding hydrogens is 228 g/mol. The van der Waals surface area contributed by atoms with Gasteiger partial charge in [-0.15, -0.1) is 0 Å². The molecular formula is C14H22N2O2. The van der Waals surface area contributed by atoms with Crippen molar-refractivity contribution in [2.45, 2.75) is 70.6 Å². The van der Waals surface area contributed by atoms with Gasteiger partial charge >= 0.3 is 6.09 Å². The number of amides is 1. The van der Waals surface area contributed by atoms with Gasteiger partial charge in [0.1, 0.15) is 5.60 Å². The molecule has 2 rings (SSSR count). The van der Waals surface area contributed by atoms with Crippen LogP contribution in [0.25, 0.3) is 0 Å². The van der Waals surface area contributed by atoms with Crippen LogP contribution in [0.15, 0.2) is 0 Å². The van der Waals surface area contributed by atoms with Crippen LogP contribution in [0.5, 0.6) is 0 Å². The van der Waals surface area contributed by atoms with Crippen LogP contribution in [-0.2, 0) is 4.74 Å². The van der Waals surface area contributed by atoms with Crippen LogP contribution in [-0.4, -0.2) is 28.7 Å². The second-order valence-electron chi connectivity index (χ2n) is 6.47. The molecule has 100 valence electrons. The molecule has 2 aliphatic heterocycles. The van der Waals surface area contributed by atoms with Crippen LogP contribution >= 0.6 is 0 Å². The molecule has 18 heavy (non-hydrogen) atoms. The van der Waals surface area contributed by atoms with Gasteiger partial charge in [0.2, 0.25) is 0 Å². The van der Waals surface area contributed by atoms with Gasteiger partial charge in [0.25, 0.3) is 0 Å². The lowest BCUT2D eigenvalue weighted by Crippen LogP contribution is -2.48. The number of carbonyl (C=O) groups is 1. The minimum absolute atomic E-state index is 0.176. The summed E-state index contributed by atoms with van der Waals surface area (Å²) < 4.78 is 5.48. The zero-order valence-electron chi connectivity index (χ0n) is 11.5. The average molecular weight is 250 g/mol. The largest absolute Gasteiger partial charge is 0.444 e. The van der Waals surface area contributed by atoms with Crippen molar-refractivity contribution in [3.8, 4) is 6.07 Å². The SMILES string of the molecule is CC(C)(C)OC(=O)N1C2CCC1CC(CC#N)C2. The Morgan fingerprint density at radius 3 is 2.33 bits per heavy atom. The standard InChI is InChI=1S/C14H22N2O2/c1-14(2,3)18-13(17)16-11-4-5-12(16)9-10(8-11)6-7-15/h10-12H,4-6,8-9H2,1-3H3. The summed E-state index contributed by atoms with van der Waals surface area (Å²) in [4.78, 5) is 14.1. The highest BCUT2D eigenvalue weighted by Crippen LogP contribution is 2.40. The molecule has 0 aromatic carbocycles. The maximum absolute atomic E-state index is 12.2. The van der Waals surface area contributed by atoms with E-state index in [0.717, 1.165) is 25.7 Å². The highest BCUT2D eigenvalue weighted by atomic mass is 16.6. The van der Waals surface area contributed by atoms with Gasteiger partial charge in [-0.25, -0.2) is 4.79 Å². The number of hydrogen-bond donors (Lipinski definition) is 0. The number of hydrogen-bond acceptors (Lipinski definition) is 3. The van der Waals surface area contributed by atoms with Crippen LogP contribution in [0, 0.1) is 17.2 Å². The maximum atomic E-state index is 12.2. The lowest BCUT2D eigenvalue weighted by Gasteiger charge is -2.38. The summed E-state index contributed by atoms with van der Waals surface area (Å²) in [5.74, 6) is 0.464. The Labute approximate surface area is 109 Å². The van der Waals surface area contributed by atoms with Gasteiger partial charge in [0.15, 0.2) is 0 Å². The summed E-state index contributed by atoms with van der Waals surface area (Å²) in [6.07, 6.45) is 4.49. The smallest absolute Gasteiger partial charge is 0.410 e. The van der Waals surface area contributed by atoms with Crippen molar-refractivity contribution in [2.75, 3.05) is 0 Å². The van der Waals surface area contributed by atoms with E-state index in [-0.39, 0.29) is 18.2 Å². The Balaban J connectivity index is 2.01. The minimum atomic E-state index is -0.431. The maximum Gasteiger partial charge on any atom is 0.410 e. The second kappa shape index (κ2) is 4.79. The van der Waals surface area contributed by atoms with Gasteiger partial charge in [-0.1, -0.05) is 0 Å². The fourth-order valence-corrected chi connectivity index (χ4v) is 3.20. The fraction of sp³-hybridized carbons (Fsp3) is 0.857. The van der Waals surface area contributed by atoms with E-state index in [0.29, 0.717) is 12.3 Å². The molecule has 2 aliphatic rings. The van der Waals surface area contributed by atoms with Crippen molar-refractivity contribution >= 4 is 6.09 Å². The normalized spacial score (nSPS) is 31.0. The van der Waals surface area contributed by atoms with Crippen molar-refractivity contribution in [3.63, 3.8) is 0 Å². The van der Waals surface area contributed by atoms with E-state index >= 15 is 0 Å². The molecule has 0 N–H and O–H groups in total. The van der Waals surface area contributed by atoms with E-state index in [4.69, 9.17) is 10.00 Å². The molecule has 0 aliphatic carbocycles. The lowest BCUT2D eigenvalue weighted by atomic mass is 9.89. The van der Waals surface area contributed by atoms with Crippen LogP contribution in [0.4, 0.5) is 4.79 Å². The predicted octanol–water partition coefficient (Wildman–Crippen LogP) is 3.08. The van der Waals surface area contributed by atoms with Crippen LogP contribution in [0.3, 0.4) is 0 Å². The molecule has 0 aromatic rings. The first-order valence-corrected chi connectivity index (χ1v) is 6.79. The first-order chi connectivity index (χ1) is 8.40. The van der Waals surface area contributed by atoms with Gasteiger partial charge in [0, 0.05) is 18.5 Å². The zero-order chi connectivity index (χ0) is 13.3. The van der Waals surface area contributed by atoms with Gasteiger partial charge in [-0.2, -0.15) is 5.26 Å². The van der Waals surface area contributed by atoms with Crippen molar-refractivity contribution < 1.29 is 9.53 Å². The molecule has 4 nitrogen and oxygen atoms in total. The molecule has 4 heteroatoms. The van der Waals surface area contributed by atoms with E-state index < -0.39 is 5.60 Å². The van der Waals surface area contributed by atoms with Gasteiger partial charge in [-0.05, 0) is 52.4 Å².